The minimum Gasteiger partial charge on any atom is -0.468 e. The maximum atomic E-state index is 14.8. The van der Waals surface area contributed by atoms with E-state index in [0.29, 0.717) is 5.75 Å². The molecule has 2 aliphatic heterocycles. The summed E-state index contributed by atoms with van der Waals surface area (Å²) in [6.45, 7) is 0. The van der Waals surface area contributed by atoms with Crippen LogP contribution >= 0.6 is 11.8 Å². The van der Waals surface area contributed by atoms with E-state index in [9.17, 15) is 23.2 Å². The predicted molar refractivity (Wildman–Crippen MR) is 116 cm³/mol. The standard InChI is InChI=1S/C23H22F2N2O4S/c1-31-22(30)23(11-12-32-2)18-17(19(26-23)13-7-3-4-8-14(13)24)20(28)27(21(18)29)16-10-6-5-9-15(16)25/h3-10,17-19,26H,11-12H2,1-2H3/t17-,18-,19-,23+/m0/s1. The maximum Gasteiger partial charge on any atom is 0.326 e. The number of carbonyl (C=O) groups is 3. The number of esters is 1. The molecule has 0 spiro atoms. The summed E-state index contributed by atoms with van der Waals surface area (Å²) < 4.78 is 34.4. The molecule has 9 heteroatoms. The van der Waals surface area contributed by atoms with Crippen molar-refractivity contribution in [3.05, 3.63) is 65.7 Å². The summed E-state index contributed by atoms with van der Waals surface area (Å²) in [7, 11) is 1.20. The number of rotatable bonds is 6. The molecule has 2 amide bonds. The van der Waals surface area contributed by atoms with Crippen molar-refractivity contribution in [2.24, 2.45) is 11.8 Å². The molecule has 0 aromatic heterocycles. The molecule has 32 heavy (non-hydrogen) atoms. The van der Waals surface area contributed by atoms with Crippen molar-refractivity contribution in [2.75, 3.05) is 24.0 Å². The summed E-state index contributed by atoms with van der Waals surface area (Å²) >= 11 is 1.46. The first-order chi connectivity index (χ1) is 15.4. The highest BCUT2D eigenvalue weighted by Gasteiger charge is 2.69. The molecule has 2 saturated heterocycles. The first-order valence-electron chi connectivity index (χ1n) is 10.1. The van der Waals surface area contributed by atoms with Gasteiger partial charge in [0, 0.05) is 11.6 Å². The number of imide groups is 1. The van der Waals surface area contributed by atoms with Crippen molar-refractivity contribution in [3.63, 3.8) is 0 Å². The molecular formula is C23H22F2N2O4S. The Bertz CT molecular complexity index is 1080. The summed E-state index contributed by atoms with van der Waals surface area (Å²) in [4.78, 5) is 41.0. The molecule has 2 heterocycles. The van der Waals surface area contributed by atoms with E-state index in [1.165, 1.54) is 55.3 Å². The van der Waals surface area contributed by atoms with Crippen molar-refractivity contribution in [2.45, 2.75) is 18.0 Å². The number of nitrogens with zero attached hydrogens (tertiary/aromatic N) is 1. The summed E-state index contributed by atoms with van der Waals surface area (Å²) in [5.41, 5.74) is -1.58. The highest BCUT2D eigenvalue weighted by atomic mass is 32.2. The quantitative estimate of drug-likeness (QED) is 0.528. The van der Waals surface area contributed by atoms with Gasteiger partial charge in [0.15, 0.2) is 0 Å². The van der Waals surface area contributed by atoms with Gasteiger partial charge in [-0.3, -0.25) is 19.7 Å². The van der Waals surface area contributed by atoms with E-state index in [1.807, 2.05) is 6.26 Å². The highest BCUT2D eigenvalue weighted by molar-refractivity contribution is 7.98. The Morgan fingerprint density at radius 2 is 1.75 bits per heavy atom. The van der Waals surface area contributed by atoms with Crippen molar-refractivity contribution in [1.29, 1.82) is 0 Å². The van der Waals surface area contributed by atoms with Gasteiger partial charge in [-0.05, 0) is 36.6 Å². The number of nitrogens with one attached hydrogen (secondary N) is 1. The lowest BCUT2D eigenvalue weighted by Gasteiger charge is -2.32. The van der Waals surface area contributed by atoms with Crippen LogP contribution in [0.1, 0.15) is 18.0 Å². The molecule has 4 atom stereocenters. The van der Waals surface area contributed by atoms with E-state index in [-0.39, 0.29) is 17.7 Å². The minimum absolute atomic E-state index is 0.161. The zero-order chi connectivity index (χ0) is 23.0. The number of fused-ring (bicyclic) bond motifs is 1. The average molecular weight is 461 g/mol. The van der Waals surface area contributed by atoms with Crippen LogP contribution in [0.15, 0.2) is 48.5 Å². The van der Waals surface area contributed by atoms with E-state index < -0.39 is 52.8 Å². The number of methoxy groups -OCH3 is 1. The maximum absolute atomic E-state index is 14.8. The van der Waals surface area contributed by atoms with Crippen molar-refractivity contribution in [1.82, 2.24) is 5.32 Å². The number of benzene rings is 2. The SMILES string of the molecule is COC(=O)[C@]1(CCSC)N[C@@H](c2ccccc2F)[C@H]2C(=O)N(c3ccccc3F)C(=O)[C@H]21. The Labute approximate surface area is 188 Å². The fourth-order valence-electron chi connectivity index (χ4n) is 4.83. The molecule has 0 bridgehead atoms. The monoisotopic (exact) mass is 460 g/mol. The zero-order valence-corrected chi connectivity index (χ0v) is 18.3. The lowest BCUT2D eigenvalue weighted by atomic mass is 9.78. The van der Waals surface area contributed by atoms with Gasteiger partial charge in [0.25, 0.3) is 0 Å². The van der Waals surface area contributed by atoms with Crippen LogP contribution < -0.4 is 10.2 Å². The largest absolute Gasteiger partial charge is 0.468 e. The van der Waals surface area contributed by atoms with Gasteiger partial charge in [-0.1, -0.05) is 30.3 Å². The van der Waals surface area contributed by atoms with E-state index in [4.69, 9.17) is 4.74 Å². The fraction of sp³-hybridized carbons (Fsp3) is 0.348. The van der Waals surface area contributed by atoms with Crippen molar-refractivity contribution >= 4 is 35.2 Å². The number of amides is 2. The minimum atomic E-state index is -1.55. The van der Waals surface area contributed by atoms with Crippen LogP contribution in [0.5, 0.6) is 0 Å². The van der Waals surface area contributed by atoms with Gasteiger partial charge in [0.1, 0.15) is 17.2 Å². The number of para-hydroxylation sites is 1. The molecule has 0 radical (unpaired) electrons. The Hall–Kier alpha value is -2.78. The lowest BCUT2D eigenvalue weighted by Crippen LogP contribution is -2.56. The molecule has 2 aromatic carbocycles. The van der Waals surface area contributed by atoms with Crippen LogP contribution in [0.4, 0.5) is 14.5 Å². The summed E-state index contributed by atoms with van der Waals surface area (Å²) in [5, 5.41) is 3.11. The third kappa shape index (κ3) is 3.31. The molecule has 168 valence electrons. The molecule has 0 aliphatic carbocycles. The third-order valence-electron chi connectivity index (χ3n) is 6.24. The first-order valence-corrected chi connectivity index (χ1v) is 11.5. The lowest BCUT2D eigenvalue weighted by molar-refractivity contribution is -0.152. The molecule has 2 fully saturated rings. The number of thioether (sulfide) groups is 1. The molecule has 2 aliphatic rings. The molecule has 6 nitrogen and oxygen atoms in total. The molecule has 4 rings (SSSR count). The van der Waals surface area contributed by atoms with Gasteiger partial charge < -0.3 is 4.74 Å². The van der Waals surface area contributed by atoms with Crippen LogP contribution in [0, 0.1) is 23.5 Å². The van der Waals surface area contributed by atoms with Crippen LogP contribution in [-0.2, 0) is 19.1 Å². The number of anilines is 1. The molecule has 0 saturated carbocycles. The van der Waals surface area contributed by atoms with Gasteiger partial charge >= 0.3 is 5.97 Å². The van der Waals surface area contributed by atoms with E-state index >= 15 is 0 Å². The zero-order valence-electron chi connectivity index (χ0n) is 17.5. The highest BCUT2D eigenvalue weighted by Crippen LogP contribution is 2.52. The molecule has 0 unspecified atom stereocenters. The van der Waals surface area contributed by atoms with Gasteiger partial charge in [-0.15, -0.1) is 0 Å². The third-order valence-corrected chi connectivity index (χ3v) is 6.85. The smallest absolute Gasteiger partial charge is 0.326 e. The van der Waals surface area contributed by atoms with Crippen LogP contribution in [0.25, 0.3) is 0 Å². The number of hydrogen-bond donors (Lipinski definition) is 1. The average Bonchev–Trinajstić information content (AvgIpc) is 3.27. The Morgan fingerprint density at radius 1 is 1.09 bits per heavy atom. The summed E-state index contributed by atoms with van der Waals surface area (Å²) in [6, 6.07) is 10.4. The Morgan fingerprint density at radius 3 is 2.38 bits per heavy atom. The number of halogens is 2. The van der Waals surface area contributed by atoms with E-state index in [0.717, 1.165) is 11.0 Å². The fourth-order valence-corrected chi connectivity index (χ4v) is 5.36. The van der Waals surface area contributed by atoms with Crippen molar-refractivity contribution in [3.8, 4) is 0 Å². The van der Waals surface area contributed by atoms with Crippen LogP contribution in [0.2, 0.25) is 0 Å². The predicted octanol–water partition coefficient (Wildman–Crippen LogP) is 3.08. The Kier molecular flexibility index (Phi) is 6.05. The topological polar surface area (TPSA) is 75.7 Å². The van der Waals surface area contributed by atoms with Gasteiger partial charge in [0.05, 0.1) is 24.6 Å². The normalized spacial score (nSPS) is 27.0. The number of hydrogen-bond acceptors (Lipinski definition) is 6. The number of carbonyl (C=O) groups excluding carboxylic acids is 3. The molecule has 1 N–H and O–H groups in total. The van der Waals surface area contributed by atoms with E-state index in [2.05, 4.69) is 5.32 Å². The number of ether oxygens (including phenoxy) is 1. The van der Waals surface area contributed by atoms with Gasteiger partial charge in [0.2, 0.25) is 11.8 Å². The van der Waals surface area contributed by atoms with Crippen LogP contribution in [0.3, 0.4) is 0 Å². The second-order valence-corrected chi connectivity index (χ2v) is 8.80. The van der Waals surface area contributed by atoms with Crippen molar-refractivity contribution < 1.29 is 27.9 Å². The second kappa shape index (κ2) is 8.63. The summed E-state index contributed by atoms with van der Waals surface area (Å²) in [5.74, 6) is -5.19. The molecule has 2 aromatic rings. The first kappa shape index (κ1) is 22.4. The second-order valence-electron chi connectivity index (χ2n) is 7.82. The van der Waals surface area contributed by atoms with E-state index in [1.54, 1.807) is 6.07 Å². The van der Waals surface area contributed by atoms with Gasteiger partial charge in [-0.2, -0.15) is 11.8 Å². The summed E-state index contributed by atoms with van der Waals surface area (Å²) in [6.07, 6.45) is 2.02. The Balaban J connectivity index is 1.90. The van der Waals surface area contributed by atoms with Crippen LogP contribution in [-0.4, -0.2) is 42.4 Å². The molecular weight excluding hydrogens is 438 g/mol. The van der Waals surface area contributed by atoms with Gasteiger partial charge in [-0.25, -0.2) is 13.7 Å².